The second-order valence-electron chi connectivity index (χ2n) is 4.99. The van der Waals surface area contributed by atoms with E-state index in [-0.39, 0.29) is 0 Å². The van der Waals surface area contributed by atoms with E-state index in [4.69, 9.17) is 9.15 Å². The van der Waals surface area contributed by atoms with Crippen molar-refractivity contribution in [3.8, 4) is 0 Å². The number of ether oxygens (including phenoxy) is 1. The lowest BCUT2D eigenvalue weighted by Gasteiger charge is -2.07. The van der Waals surface area contributed by atoms with E-state index in [1.807, 2.05) is 7.05 Å². The summed E-state index contributed by atoms with van der Waals surface area (Å²) >= 11 is 3.59. The number of rotatable bonds is 5. The SMILES string of the molecule is CNCc1oc2c(C(C)C)cc(Br)cc2c1COC. The fraction of sp³-hybridized carbons (Fsp3) is 0.467. The van der Waals surface area contributed by atoms with Gasteiger partial charge in [0.05, 0.1) is 13.2 Å². The Kier molecular flexibility index (Phi) is 4.66. The van der Waals surface area contributed by atoms with Gasteiger partial charge in [0.2, 0.25) is 0 Å². The minimum atomic E-state index is 0.420. The van der Waals surface area contributed by atoms with Crippen molar-refractivity contribution in [2.75, 3.05) is 14.2 Å². The summed E-state index contributed by atoms with van der Waals surface area (Å²) < 4.78 is 12.5. The van der Waals surface area contributed by atoms with E-state index in [9.17, 15) is 0 Å². The fourth-order valence-electron chi connectivity index (χ4n) is 2.32. The molecule has 0 saturated carbocycles. The largest absolute Gasteiger partial charge is 0.459 e. The van der Waals surface area contributed by atoms with Gasteiger partial charge >= 0.3 is 0 Å². The summed E-state index contributed by atoms with van der Waals surface area (Å²) in [6.45, 7) is 5.63. The molecule has 104 valence electrons. The Morgan fingerprint density at radius 1 is 1.37 bits per heavy atom. The predicted octanol–water partition coefficient (Wildman–Crippen LogP) is 4.18. The molecule has 0 radical (unpaired) electrons. The number of hydrogen-bond acceptors (Lipinski definition) is 3. The van der Waals surface area contributed by atoms with Gasteiger partial charge in [0.25, 0.3) is 0 Å². The van der Waals surface area contributed by atoms with E-state index in [0.29, 0.717) is 19.1 Å². The average Bonchev–Trinajstić information content (AvgIpc) is 2.68. The lowest BCUT2D eigenvalue weighted by atomic mass is 10.00. The summed E-state index contributed by atoms with van der Waals surface area (Å²) in [5.74, 6) is 1.38. The summed E-state index contributed by atoms with van der Waals surface area (Å²) in [5.41, 5.74) is 3.34. The Balaban J connectivity index is 2.70. The van der Waals surface area contributed by atoms with Crippen LogP contribution < -0.4 is 5.32 Å². The van der Waals surface area contributed by atoms with Gasteiger partial charge in [0, 0.05) is 22.5 Å². The summed E-state index contributed by atoms with van der Waals surface area (Å²) in [6.07, 6.45) is 0. The van der Waals surface area contributed by atoms with Crippen LogP contribution in [-0.4, -0.2) is 14.2 Å². The highest BCUT2D eigenvalue weighted by Crippen LogP contribution is 2.35. The van der Waals surface area contributed by atoms with E-state index >= 15 is 0 Å². The van der Waals surface area contributed by atoms with Crippen LogP contribution in [0.2, 0.25) is 0 Å². The molecule has 2 rings (SSSR count). The molecule has 0 saturated heterocycles. The molecular weight excluding hydrogens is 306 g/mol. The summed E-state index contributed by atoms with van der Waals surface area (Å²) in [6, 6.07) is 4.24. The first-order valence-electron chi connectivity index (χ1n) is 6.45. The Bertz CT molecular complexity index is 575. The summed E-state index contributed by atoms with van der Waals surface area (Å²) in [5, 5.41) is 4.29. The first-order chi connectivity index (χ1) is 9.08. The van der Waals surface area contributed by atoms with Gasteiger partial charge in [0.1, 0.15) is 11.3 Å². The molecule has 2 aromatic rings. The van der Waals surface area contributed by atoms with Crippen LogP contribution in [0.15, 0.2) is 21.0 Å². The molecule has 0 aliphatic heterocycles. The van der Waals surface area contributed by atoms with Gasteiger partial charge in [-0.15, -0.1) is 0 Å². The average molecular weight is 326 g/mol. The Morgan fingerprint density at radius 3 is 2.68 bits per heavy atom. The normalized spacial score (nSPS) is 11.7. The van der Waals surface area contributed by atoms with E-state index in [2.05, 4.69) is 47.2 Å². The van der Waals surface area contributed by atoms with Crippen LogP contribution in [0, 0.1) is 0 Å². The van der Waals surface area contributed by atoms with Crippen molar-refractivity contribution in [3.63, 3.8) is 0 Å². The molecule has 1 aromatic carbocycles. The van der Waals surface area contributed by atoms with E-state index in [1.54, 1.807) is 7.11 Å². The molecule has 1 aromatic heterocycles. The van der Waals surface area contributed by atoms with Crippen molar-refractivity contribution in [2.24, 2.45) is 0 Å². The van der Waals surface area contributed by atoms with Crippen LogP contribution >= 0.6 is 15.9 Å². The van der Waals surface area contributed by atoms with Gasteiger partial charge in [0.15, 0.2) is 0 Å². The highest BCUT2D eigenvalue weighted by atomic mass is 79.9. The molecule has 19 heavy (non-hydrogen) atoms. The molecule has 4 heteroatoms. The topological polar surface area (TPSA) is 34.4 Å². The molecule has 0 aliphatic carbocycles. The molecular formula is C15H20BrNO2. The zero-order valence-corrected chi connectivity index (χ0v) is 13.4. The monoisotopic (exact) mass is 325 g/mol. The molecule has 0 aliphatic rings. The number of hydrogen-bond donors (Lipinski definition) is 1. The first-order valence-corrected chi connectivity index (χ1v) is 7.25. The number of furan rings is 1. The van der Waals surface area contributed by atoms with Gasteiger partial charge in [-0.05, 0) is 30.7 Å². The zero-order chi connectivity index (χ0) is 14.0. The van der Waals surface area contributed by atoms with Gasteiger partial charge in [-0.3, -0.25) is 0 Å². The zero-order valence-electron chi connectivity index (χ0n) is 11.8. The molecule has 0 spiro atoms. The molecule has 0 bridgehead atoms. The smallest absolute Gasteiger partial charge is 0.138 e. The van der Waals surface area contributed by atoms with Gasteiger partial charge in [-0.1, -0.05) is 29.8 Å². The van der Waals surface area contributed by atoms with Crippen molar-refractivity contribution >= 4 is 26.9 Å². The number of halogens is 1. The maximum absolute atomic E-state index is 6.08. The maximum atomic E-state index is 6.08. The van der Waals surface area contributed by atoms with Gasteiger partial charge in [-0.2, -0.15) is 0 Å². The quantitative estimate of drug-likeness (QED) is 0.895. The van der Waals surface area contributed by atoms with Crippen LogP contribution in [0.1, 0.15) is 36.7 Å². The lowest BCUT2D eigenvalue weighted by molar-refractivity contribution is 0.183. The van der Waals surface area contributed by atoms with Crippen LogP contribution in [0.4, 0.5) is 0 Å². The van der Waals surface area contributed by atoms with Crippen LogP contribution in [-0.2, 0) is 17.9 Å². The standard InChI is InChI=1S/C15H20BrNO2/c1-9(2)11-5-10(16)6-12-13(8-18-4)14(7-17-3)19-15(11)12/h5-6,9,17H,7-8H2,1-4H3. The van der Waals surface area contributed by atoms with E-state index in [0.717, 1.165) is 26.8 Å². The molecule has 1 heterocycles. The second-order valence-corrected chi connectivity index (χ2v) is 5.91. The van der Waals surface area contributed by atoms with E-state index in [1.165, 1.54) is 5.56 Å². The number of methoxy groups -OCH3 is 1. The molecule has 3 nitrogen and oxygen atoms in total. The predicted molar refractivity (Wildman–Crippen MR) is 81.5 cm³/mol. The molecule has 0 atom stereocenters. The summed E-state index contributed by atoms with van der Waals surface area (Å²) in [7, 11) is 3.63. The summed E-state index contributed by atoms with van der Waals surface area (Å²) in [4.78, 5) is 0. The number of benzene rings is 1. The lowest BCUT2D eigenvalue weighted by Crippen LogP contribution is -2.06. The van der Waals surface area contributed by atoms with Gasteiger partial charge < -0.3 is 14.5 Å². The highest BCUT2D eigenvalue weighted by molar-refractivity contribution is 9.10. The van der Waals surface area contributed by atoms with Crippen LogP contribution in [0.3, 0.4) is 0 Å². The third-order valence-electron chi connectivity index (χ3n) is 3.22. The third-order valence-corrected chi connectivity index (χ3v) is 3.68. The minimum absolute atomic E-state index is 0.420. The van der Waals surface area contributed by atoms with Gasteiger partial charge in [-0.25, -0.2) is 0 Å². The van der Waals surface area contributed by atoms with Crippen molar-refractivity contribution in [1.29, 1.82) is 0 Å². The van der Waals surface area contributed by atoms with E-state index < -0.39 is 0 Å². The second kappa shape index (κ2) is 6.07. The van der Waals surface area contributed by atoms with Crippen molar-refractivity contribution in [1.82, 2.24) is 5.32 Å². The first kappa shape index (κ1) is 14.6. The Labute approximate surface area is 122 Å². The number of nitrogens with one attached hydrogen (secondary N) is 1. The van der Waals surface area contributed by atoms with Crippen LogP contribution in [0.25, 0.3) is 11.0 Å². The number of fused-ring (bicyclic) bond motifs is 1. The Hall–Kier alpha value is -0.840. The van der Waals surface area contributed by atoms with Crippen molar-refractivity contribution in [3.05, 3.63) is 33.5 Å². The fourth-order valence-corrected chi connectivity index (χ4v) is 2.80. The molecule has 0 unspecified atom stereocenters. The molecule has 0 amide bonds. The Morgan fingerprint density at radius 2 is 2.11 bits per heavy atom. The molecule has 0 fully saturated rings. The van der Waals surface area contributed by atoms with Crippen LogP contribution in [0.5, 0.6) is 0 Å². The highest BCUT2D eigenvalue weighted by Gasteiger charge is 2.18. The van der Waals surface area contributed by atoms with Crippen molar-refractivity contribution < 1.29 is 9.15 Å². The third kappa shape index (κ3) is 2.86. The molecule has 1 N–H and O–H groups in total. The maximum Gasteiger partial charge on any atom is 0.138 e. The van der Waals surface area contributed by atoms with Crippen molar-refractivity contribution in [2.45, 2.75) is 32.9 Å². The minimum Gasteiger partial charge on any atom is -0.459 e.